The number of nitrogens with zero attached hydrogens (tertiary/aromatic N) is 4. The summed E-state index contributed by atoms with van der Waals surface area (Å²) in [6.07, 6.45) is 0.584. The fraction of sp³-hybridized carbons (Fsp3) is 0.750. The van der Waals surface area contributed by atoms with E-state index in [9.17, 15) is 0 Å². The van der Waals surface area contributed by atoms with E-state index >= 15 is 0 Å². The van der Waals surface area contributed by atoms with Crippen molar-refractivity contribution in [3.05, 3.63) is 10.4 Å². The monoisotopic (exact) mass is 110 g/mol. The van der Waals surface area contributed by atoms with Gasteiger partial charge in [-0.2, -0.15) is 5.26 Å². The Morgan fingerprint density at radius 1 is 2.00 bits per heavy atom. The van der Waals surface area contributed by atoms with Gasteiger partial charge in [-0.3, -0.25) is 0 Å². The van der Waals surface area contributed by atoms with E-state index in [2.05, 4.69) is 10.0 Å². The lowest BCUT2D eigenvalue weighted by atomic mass is 10.3. The molecular weight excluding hydrogens is 104 g/mol. The molecule has 8 heavy (non-hydrogen) atoms. The van der Waals surface area contributed by atoms with Crippen molar-refractivity contribution in [2.24, 2.45) is 5.11 Å². The zero-order valence-electron chi connectivity index (χ0n) is 4.57. The van der Waals surface area contributed by atoms with Crippen LogP contribution in [0.5, 0.6) is 0 Å². The standard InChI is InChI=1S/C4H6N4/c1-2-4(3-5)7-8-6/h4H,2H2,1H3. The molecule has 42 valence electrons. The van der Waals surface area contributed by atoms with Crippen molar-refractivity contribution in [1.82, 2.24) is 0 Å². The van der Waals surface area contributed by atoms with E-state index in [0.29, 0.717) is 6.42 Å². The van der Waals surface area contributed by atoms with Crippen molar-refractivity contribution in [2.75, 3.05) is 0 Å². The van der Waals surface area contributed by atoms with E-state index in [1.54, 1.807) is 6.92 Å². The first-order valence-electron chi connectivity index (χ1n) is 2.29. The van der Waals surface area contributed by atoms with Crippen LogP contribution in [0.4, 0.5) is 0 Å². The van der Waals surface area contributed by atoms with Gasteiger partial charge in [-0.15, -0.1) is 0 Å². The summed E-state index contributed by atoms with van der Waals surface area (Å²) in [5, 5.41) is 11.3. The summed E-state index contributed by atoms with van der Waals surface area (Å²) in [4.78, 5) is 2.48. The normalized spacial score (nSPS) is 11.0. The Bertz CT molecular complexity index is 139. The van der Waals surface area contributed by atoms with E-state index in [4.69, 9.17) is 10.8 Å². The van der Waals surface area contributed by atoms with Gasteiger partial charge in [-0.25, -0.2) is 0 Å². The van der Waals surface area contributed by atoms with Crippen LogP contribution in [0, 0.1) is 11.3 Å². The molecule has 0 spiro atoms. The van der Waals surface area contributed by atoms with Crippen molar-refractivity contribution in [3.8, 4) is 6.07 Å². The summed E-state index contributed by atoms with van der Waals surface area (Å²) in [5.74, 6) is 0. The maximum absolute atomic E-state index is 8.14. The SMILES string of the molecule is CCC(C#N)N=[N+]=[N-]. The average molecular weight is 110 g/mol. The summed E-state index contributed by atoms with van der Waals surface area (Å²) >= 11 is 0. The second-order valence-corrected chi connectivity index (χ2v) is 1.26. The predicted molar refractivity (Wildman–Crippen MR) is 28.8 cm³/mol. The molecule has 1 unspecified atom stereocenters. The molecule has 4 nitrogen and oxygen atoms in total. The minimum absolute atomic E-state index is 0.486. The van der Waals surface area contributed by atoms with Gasteiger partial charge >= 0.3 is 0 Å². The highest BCUT2D eigenvalue weighted by Crippen LogP contribution is 1.93. The summed E-state index contributed by atoms with van der Waals surface area (Å²) in [5.41, 5.74) is 7.81. The second-order valence-electron chi connectivity index (χ2n) is 1.26. The Labute approximate surface area is 47.4 Å². The molecule has 0 amide bonds. The molecule has 1 atom stereocenters. The van der Waals surface area contributed by atoms with Crippen LogP contribution in [0.2, 0.25) is 0 Å². The third-order valence-corrected chi connectivity index (χ3v) is 0.727. The molecule has 0 aliphatic rings. The summed E-state index contributed by atoms with van der Waals surface area (Å²) in [6.45, 7) is 1.79. The van der Waals surface area contributed by atoms with Crippen LogP contribution in [0.3, 0.4) is 0 Å². The van der Waals surface area contributed by atoms with Crippen LogP contribution in [0.25, 0.3) is 10.4 Å². The fourth-order valence-corrected chi connectivity index (χ4v) is 0.261. The van der Waals surface area contributed by atoms with Gasteiger partial charge < -0.3 is 0 Å². The van der Waals surface area contributed by atoms with Crippen LogP contribution in [0.15, 0.2) is 5.11 Å². The van der Waals surface area contributed by atoms with Gasteiger partial charge in [0, 0.05) is 4.91 Å². The highest BCUT2D eigenvalue weighted by molar-refractivity contribution is 4.88. The molecule has 0 saturated carbocycles. The number of hydrogen-bond donors (Lipinski definition) is 0. The van der Waals surface area contributed by atoms with Crippen molar-refractivity contribution in [1.29, 1.82) is 5.26 Å². The van der Waals surface area contributed by atoms with Crippen molar-refractivity contribution >= 4 is 0 Å². The van der Waals surface area contributed by atoms with Gasteiger partial charge in [0.05, 0.1) is 6.07 Å². The summed E-state index contributed by atoms with van der Waals surface area (Å²) in [7, 11) is 0. The molecule has 4 heteroatoms. The molecule has 0 fully saturated rings. The molecule has 0 aliphatic carbocycles. The number of azide groups is 1. The van der Waals surface area contributed by atoms with Crippen LogP contribution >= 0.6 is 0 Å². The molecule has 0 heterocycles. The smallest absolute Gasteiger partial charge is 0.124 e. The van der Waals surface area contributed by atoms with Crippen molar-refractivity contribution in [3.63, 3.8) is 0 Å². The first-order chi connectivity index (χ1) is 3.85. The number of hydrogen-bond acceptors (Lipinski definition) is 2. The molecule has 0 N–H and O–H groups in total. The van der Waals surface area contributed by atoms with Crippen LogP contribution < -0.4 is 0 Å². The van der Waals surface area contributed by atoms with E-state index in [1.165, 1.54) is 0 Å². The molecular formula is C4H6N4. The third kappa shape index (κ3) is 2.06. The maximum atomic E-state index is 8.14. The molecule has 0 bridgehead atoms. The molecule has 0 aromatic heterocycles. The van der Waals surface area contributed by atoms with Gasteiger partial charge in [0.1, 0.15) is 6.04 Å². The zero-order chi connectivity index (χ0) is 6.41. The minimum Gasteiger partial charge on any atom is -0.198 e. The lowest BCUT2D eigenvalue weighted by Crippen LogP contribution is -1.93. The maximum Gasteiger partial charge on any atom is 0.124 e. The van der Waals surface area contributed by atoms with Gasteiger partial charge in [-0.1, -0.05) is 12.0 Å². The Morgan fingerprint density at radius 2 is 2.62 bits per heavy atom. The molecule has 0 aliphatic heterocycles. The molecule has 0 rings (SSSR count). The van der Waals surface area contributed by atoms with Crippen LogP contribution in [-0.2, 0) is 0 Å². The number of rotatable bonds is 2. The van der Waals surface area contributed by atoms with Crippen molar-refractivity contribution < 1.29 is 0 Å². The minimum atomic E-state index is -0.486. The third-order valence-electron chi connectivity index (χ3n) is 0.727. The van der Waals surface area contributed by atoms with Gasteiger partial charge in [-0.05, 0) is 12.0 Å². The Morgan fingerprint density at radius 3 is 2.75 bits per heavy atom. The quantitative estimate of drug-likeness (QED) is 0.302. The highest BCUT2D eigenvalue weighted by atomic mass is 15.1. The number of nitriles is 1. The fourth-order valence-electron chi connectivity index (χ4n) is 0.261. The lowest BCUT2D eigenvalue weighted by molar-refractivity contribution is 0.787. The van der Waals surface area contributed by atoms with Gasteiger partial charge in [0.15, 0.2) is 0 Å². The summed E-state index contributed by atoms with van der Waals surface area (Å²) in [6, 6.07) is 1.35. The Balaban J connectivity index is 3.75. The van der Waals surface area contributed by atoms with Crippen LogP contribution in [-0.4, -0.2) is 6.04 Å². The topological polar surface area (TPSA) is 72.5 Å². The molecule has 0 saturated heterocycles. The molecule has 0 radical (unpaired) electrons. The summed E-state index contributed by atoms with van der Waals surface area (Å²) < 4.78 is 0. The first kappa shape index (κ1) is 6.80. The largest absolute Gasteiger partial charge is 0.198 e. The Hall–Kier alpha value is -1.20. The highest BCUT2D eigenvalue weighted by Gasteiger charge is 1.95. The Kier molecular flexibility index (Phi) is 3.38. The zero-order valence-corrected chi connectivity index (χ0v) is 4.57. The first-order valence-corrected chi connectivity index (χ1v) is 2.29. The van der Waals surface area contributed by atoms with E-state index in [-0.39, 0.29) is 0 Å². The van der Waals surface area contributed by atoms with E-state index in [0.717, 1.165) is 0 Å². The molecule has 0 aromatic rings. The van der Waals surface area contributed by atoms with Crippen molar-refractivity contribution in [2.45, 2.75) is 19.4 Å². The molecule has 0 aromatic carbocycles. The van der Waals surface area contributed by atoms with Gasteiger partial charge in [0.2, 0.25) is 0 Å². The second kappa shape index (κ2) is 3.97. The van der Waals surface area contributed by atoms with E-state index < -0.39 is 6.04 Å². The van der Waals surface area contributed by atoms with Gasteiger partial charge in [0.25, 0.3) is 0 Å². The van der Waals surface area contributed by atoms with E-state index in [1.807, 2.05) is 6.07 Å². The average Bonchev–Trinajstić information content (AvgIpc) is 1.83. The lowest BCUT2D eigenvalue weighted by Gasteiger charge is -1.88. The van der Waals surface area contributed by atoms with Crippen LogP contribution in [0.1, 0.15) is 13.3 Å². The predicted octanol–water partition coefficient (Wildman–Crippen LogP) is 1.60.